The maximum Gasteiger partial charge on any atom is 0.257 e. The molecular formula is C15H12N6OS. The van der Waals surface area contributed by atoms with Crippen LogP contribution in [0.15, 0.2) is 46.2 Å². The molecule has 0 fully saturated rings. The van der Waals surface area contributed by atoms with Crippen LogP contribution in [0.4, 0.5) is 0 Å². The lowest BCUT2D eigenvalue weighted by Crippen LogP contribution is -2.04. The summed E-state index contributed by atoms with van der Waals surface area (Å²) in [6.45, 7) is 2.33. The van der Waals surface area contributed by atoms with E-state index in [1.807, 2.05) is 48.7 Å². The van der Waals surface area contributed by atoms with E-state index >= 15 is 0 Å². The Morgan fingerprint density at radius 3 is 2.74 bits per heavy atom. The molecule has 7 nitrogen and oxygen atoms in total. The van der Waals surface area contributed by atoms with Crippen LogP contribution in [0.25, 0.3) is 22.2 Å². The Bertz CT molecular complexity index is 910. The molecule has 114 valence electrons. The molecule has 23 heavy (non-hydrogen) atoms. The highest BCUT2D eigenvalue weighted by atomic mass is 32.1. The molecule has 0 bridgehead atoms. The van der Waals surface area contributed by atoms with Gasteiger partial charge in [0.1, 0.15) is 6.54 Å². The SMILES string of the molecule is Cc1ccc(-c2nnn(Cc3nnc(-c4cccs4)o3)n2)cc1. The van der Waals surface area contributed by atoms with E-state index in [9.17, 15) is 0 Å². The highest BCUT2D eigenvalue weighted by molar-refractivity contribution is 7.13. The van der Waals surface area contributed by atoms with Crippen molar-refractivity contribution in [1.29, 1.82) is 0 Å². The molecule has 0 saturated carbocycles. The molecule has 0 saturated heterocycles. The number of benzene rings is 1. The van der Waals surface area contributed by atoms with E-state index in [4.69, 9.17) is 4.42 Å². The van der Waals surface area contributed by atoms with Crippen molar-refractivity contribution in [2.45, 2.75) is 13.5 Å². The highest BCUT2D eigenvalue weighted by Crippen LogP contribution is 2.23. The van der Waals surface area contributed by atoms with Gasteiger partial charge < -0.3 is 4.42 Å². The molecule has 0 amide bonds. The number of aromatic nitrogens is 6. The summed E-state index contributed by atoms with van der Waals surface area (Å²) in [5.41, 5.74) is 2.11. The van der Waals surface area contributed by atoms with Gasteiger partial charge in [0.05, 0.1) is 4.88 Å². The average molecular weight is 324 g/mol. The van der Waals surface area contributed by atoms with Gasteiger partial charge in [-0.2, -0.15) is 4.80 Å². The first-order chi connectivity index (χ1) is 11.3. The Hall–Kier alpha value is -2.87. The molecule has 0 N–H and O–H groups in total. The van der Waals surface area contributed by atoms with Crippen LogP contribution in [0.2, 0.25) is 0 Å². The van der Waals surface area contributed by atoms with Crippen LogP contribution < -0.4 is 0 Å². The Labute approximate surface area is 135 Å². The summed E-state index contributed by atoms with van der Waals surface area (Å²) in [4.78, 5) is 2.39. The third-order valence-corrected chi connectivity index (χ3v) is 4.10. The standard InChI is InChI=1S/C15H12N6OS/c1-10-4-6-11(7-5-10)14-17-20-21(19-14)9-13-16-18-15(22-13)12-3-2-8-23-12/h2-8H,9H2,1H3. The smallest absolute Gasteiger partial charge is 0.257 e. The Morgan fingerprint density at radius 1 is 1.09 bits per heavy atom. The number of hydrogen-bond donors (Lipinski definition) is 0. The Morgan fingerprint density at radius 2 is 1.96 bits per heavy atom. The van der Waals surface area contributed by atoms with Gasteiger partial charge in [-0.15, -0.1) is 31.7 Å². The predicted molar refractivity (Wildman–Crippen MR) is 84.7 cm³/mol. The quantitative estimate of drug-likeness (QED) is 0.574. The van der Waals surface area contributed by atoms with Crippen molar-refractivity contribution < 1.29 is 4.42 Å². The topological polar surface area (TPSA) is 82.5 Å². The molecule has 0 aliphatic carbocycles. The van der Waals surface area contributed by atoms with Crippen LogP contribution in [-0.2, 0) is 6.54 Å². The molecule has 4 rings (SSSR count). The van der Waals surface area contributed by atoms with E-state index in [1.54, 1.807) is 11.3 Å². The van der Waals surface area contributed by atoms with E-state index in [1.165, 1.54) is 10.4 Å². The van der Waals surface area contributed by atoms with Gasteiger partial charge in [-0.3, -0.25) is 0 Å². The fourth-order valence-electron chi connectivity index (χ4n) is 2.07. The molecule has 0 atom stereocenters. The first-order valence-electron chi connectivity index (χ1n) is 6.99. The van der Waals surface area contributed by atoms with Crippen LogP contribution in [0.3, 0.4) is 0 Å². The maximum atomic E-state index is 5.62. The highest BCUT2D eigenvalue weighted by Gasteiger charge is 2.12. The predicted octanol–water partition coefficient (Wildman–Crippen LogP) is 2.81. The zero-order valence-electron chi connectivity index (χ0n) is 12.2. The van der Waals surface area contributed by atoms with Crippen molar-refractivity contribution in [3.63, 3.8) is 0 Å². The number of hydrogen-bond acceptors (Lipinski definition) is 7. The Balaban J connectivity index is 1.53. The lowest BCUT2D eigenvalue weighted by molar-refractivity contribution is 0.447. The second kappa shape index (κ2) is 5.73. The van der Waals surface area contributed by atoms with Gasteiger partial charge in [-0.1, -0.05) is 35.9 Å². The minimum absolute atomic E-state index is 0.289. The third-order valence-electron chi connectivity index (χ3n) is 3.24. The second-order valence-corrected chi connectivity index (χ2v) is 5.94. The second-order valence-electron chi connectivity index (χ2n) is 4.99. The number of thiophene rings is 1. The number of aryl methyl sites for hydroxylation is 1. The van der Waals surface area contributed by atoms with Crippen LogP contribution in [0.5, 0.6) is 0 Å². The van der Waals surface area contributed by atoms with E-state index in [2.05, 4.69) is 25.6 Å². The minimum atomic E-state index is 0.289. The van der Waals surface area contributed by atoms with Crippen LogP contribution in [-0.4, -0.2) is 30.4 Å². The lowest BCUT2D eigenvalue weighted by atomic mass is 10.1. The summed E-state index contributed by atoms with van der Waals surface area (Å²) in [7, 11) is 0. The maximum absolute atomic E-state index is 5.62. The van der Waals surface area contributed by atoms with Gasteiger partial charge in [0.2, 0.25) is 11.7 Å². The molecule has 0 spiro atoms. The van der Waals surface area contributed by atoms with Gasteiger partial charge in [-0.25, -0.2) is 0 Å². The third kappa shape index (κ3) is 2.88. The molecule has 4 aromatic rings. The first kappa shape index (κ1) is 13.8. The molecule has 0 aliphatic heterocycles. The summed E-state index contributed by atoms with van der Waals surface area (Å²) < 4.78 is 5.62. The number of rotatable bonds is 4. The van der Waals surface area contributed by atoms with Gasteiger partial charge in [0, 0.05) is 5.56 Å². The monoisotopic (exact) mass is 324 g/mol. The van der Waals surface area contributed by atoms with E-state index in [-0.39, 0.29) is 6.54 Å². The number of nitrogens with zero attached hydrogens (tertiary/aromatic N) is 6. The lowest BCUT2D eigenvalue weighted by Gasteiger charge is -1.95. The van der Waals surface area contributed by atoms with Crippen molar-refractivity contribution in [3.05, 3.63) is 53.2 Å². The van der Waals surface area contributed by atoms with Crippen LogP contribution in [0, 0.1) is 6.92 Å². The van der Waals surface area contributed by atoms with Crippen LogP contribution >= 0.6 is 11.3 Å². The fourth-order valence-corrected chi connectivity index (χ4v) is 2.71. The molecule has 0 unspecified atom stereocenters. The largest absolute Gasteiger partial charge is 0.418 e. The minimum Gasteiger partial charge on any atom is -0.418 e. The molecular weight excluding hydrogens is 312 g/mol. The van der Waals surface area contributed by atoms with E-state index in [0.29, 0.717) is 17.6 Å². The fraction of sp³-hybridized carbons (Fsp3) is 0.133. The molecule has 1 aromatic carbocycles. The van der Waals surface area contributed by atoms with E-state index in [0.717, 1.165) is 10.4 Å². The molecule has 3 heterocycles. The van der Waals surface area contributed by atoms with E-state index < -0.39 is 0 Å². The number of tetrazole rings is 1. The van der Waals surface area contributed by atoms with Crippen molar-refractivity contribution >= 4 is 11.3 Å². The van der Waals surface area contributed by atoms with Crippen molar-refractivity contribution in [2.75, 3.05) is 0 Å². The zero-order chi connectivity index (χ0) is 15.6. The summed E-state index contributed by atoms with van der Waals surface area (Å²) in [6.07, 6.45) is 0. The summed E-state index contributed by atoms with van der Waals surface area (Å²) in [5, 5.41) is 22.5. The van der Waals surface area contributed by atoms with Crippen molar-refractivity contribution in [3.8, 4) is 22.2 Å². The normalized spacial score (nSPS) is 11.0. The molecule has 8 heteroatoms. The first-order valence-corrected chi connectivity index (χ1v) is 7.87. The van der Waals surface area contributed by atoms with Crippen LogP contribution in [0.1, 0.15) is 11.5 Å². The average Bonchev–Trinajstić information content (AvgIpc) is 3.29. The Kier molecular flexibility index (Phi) is 3.43. The van der Waals surface area contributed by atoms with Crippen molar-refractivity contribution in [1.82, 2.24) is 30.4 Å². The van der Waals surface area contributed by atoms with Gasteiger partial charge in [0.25, 0.3) is 5.89 Å². The van der Waals surface area contributed by atoms with Gasteiger partial charge in [-0.05, 0) is 23.6 Å². The van der Waals surface area contributed by atoms with Crippen molar-refractivity contribution in [2.24, 2.45) is 0 Å². The summed E-state index contributed by atoms with van der Waals surface area (Å²) in [6, 6.07) is 11.8. The van der Waals surface area contributed by atoms with Gasteiger partial charge >= 0.3 is 0 Å². The molecule has 0 radical (unpaired) electrons. The van der Waals surface area contributed by atoms with Gasteiger partial charge in [0.15, 0.2) is 0 Å². The molecule has 0 aliphatic rings. The summed E-state index contributed by atoms with van der Waals surface area (Å²) in [5.74, 6) is 1.53. The zero-order valence-corrected chi connectivity index (χ0v) is 13.1. The summed E-state index contributed by atoms with van der Waals surface area (Å²) >= 11 is 1.55. The molecule has 3 aromatic heterocycles.